The van der Waals surface area contributed by atoms with Crippen LogP contribution >= 0.6 is 0 Å². The van der Waals surface area contributed by atoms with Crippen LogP contribution in [0.4, 0.5) is 0 Å². The molecule has 0 spiro atoms. The van der Waals surface area contributed by atoms with Crippen molar-refractivity contribution in [3.8, 4) is 0 Å². The molecule has 0 bridgehead atoms. The molecule has 0 N–H and O–H groups in total. The summed E-state index contributed by atoms with van der Waals surface area (Å²) < 4.78 is 84.2. The van der Waals surface area contributed by atoms with E-state index in [0.29, 0.717) is 10.8 Å². The van der Waals surface area contributed by atoms with Crippen molar-refractivity contribution in [3.05, 3.63) is 10.8 Å². The molecule has 0 aliphatic carbocycles. The van der Waals surface area contributed by atoms with Gasteiger partial charge in [-0.05, 0) is 41.5 Å². The summed E-state index contributed by atoms with van der Waals surface area (Å²) in [6.45, 7) is 9.29. The summed E-state index contributed by atoms with van der Waals surface area (Å²) in [5, 5.41) is -3.33. The third-order valence-corrected chi connectivity index (χ3v) is 7.31. The van der Waals surface area contributed by atoms with Gasteiger partial charge in [0.05, 0.1) is 0 Å². The van der Waals surface area contributed by atoms with Gasteiger partial charge in [0.25, 0.3) is 0 Å². The highest BCUT2D eigenvalue weighted by Gasteiger charge is 2.48. The molecule has 0 heterocycles. The van der Waals surface area contributed by atoms with Gasteiger partial charge in [0.2, 0.25) is 19.7 Å². The monoisotopic (exact) mass is 476 g/mol. The van der Waals surface area contributed by atoms with Gasteiger partial charge in [0.15, 0.2) is 0 Å². The van der Waals surface area contributed by atoms with Gasteiger partial charge in [-0.2, -0.15) is 0 Å². The Labute approximate surface area is 180 Å². The van der Waals surface area contributed by atoms with Gasteiger partial charge in [0.1, 0.15) is 13.2 Å². The zero-order chi connectivity index (χ0) is 23.3. The molecule has 0 fully saturated rings. The molecule has 0 aromatic carbocycles. The Kier molecular flexibility index (Phi) is 13.5. The minimum absolute atomic E-state index is 0.000929. The first-order valence-corrected chi connectivity index (χ1v) is 13.0. The van der Waals surface area contributed by atoms with E-state index in [2.05, 4.69) is 0 Å². The van der Waals surface area contributed by atoms with Gasteiger partial charge in [-0.1, -0.05) is 0 Å². The molecule has 0 unspecified atom stereocenters. The van der Waals surface area contributed by atoms with Crippen LogP contribution in [-0.4, -0.2) is 79.9 Å². The highest BCUT2D eigenvalue weighted by molar-refractivity contribution is 7.98. The molecule has 30 heavy (non-hydrogen) atoms. The fourth-order valence-electron chi connectivity index (χ4n) is 2.43. The molecule has 0 radical (unpaired) electrons. The van der Waals surface area contributed by atoms with Gasteiger partial charge in [0, 0.05) is 50.5 Å². The molecule has 180 valence electrons. The van der Waals surface area contributed by atoms with Crippen LogP contribution < -0.4 is 0 Å². The average Bonchev–Trinajstić information content (AvgIpc) is 2.69. The molecule has 0 aliphatic heterocycles. The molecule has 0 amide bonds. The van der Waals surface area contributed by atoms with E-state index in [1.54, 1.807) is 41.5 Å². The van der Waals surface area contributed by atoms with E-state index in [-0.39, 0.29) is 39.6 Å². The second-order valence-corrected chi connectivity index (χ2v) is 9.70. The van der Waals surface area contributed by atoms with Gasteiger partial charge in [-0.3, -0.25) is 0 Å². The number of ether oxygens (including phenoxy) is 6. The Hall–Kier alpha value is -0.600. The summed E-state index contributed by atoms with van der Waals surface area (Å²) in [5.41, 5.74) is 0. The SMILES string of the molecule is CCOCC(OCC)(OCC)S(=O)(=O)C=CS(=O)(=O)C(COCC)(OCC)OCC. The topological polar surface area (TPSA) is 124 Å². The van der Waals surface area contributed by atoms with Crippen LogP contribution in [0.2, 0.25) is 0 Å². The molecule has 0 aromatic heterocycles. The van der Waals surface area contributed by atoms with Crippen molar-refractivity contribution >= 4 is 19.7 Å². The van der Waals surface area contributed by atoms with Crippen molar-refractivity contribution in [1.29, 1.82) is 0 Å². The Morgan fingerprint density at radius 1 is 0.533 bits per heavy atom. The van der Waals surface area contributed by atoms with E-state index in [1.807, 2.05) is 0 Å². The lowest BCUT2D eigenvalue weighted by molar-refractivity contribution is -0.199. The van der Waals surface area contributed by atoms with Crippen molar-refractivity contribution < 1.29 is 45.3 Å². The van der Waals surface area contributed by atoms with Crippen LogP contribution in [0, 0.1) is 0 Å². The summed E-state index contributed by atoms with van der Waals surface area (Å²) >= 11 is 0. The first-order valence-electron chi connectivity index (χ1n) is 9.96. The molecule has 0 aliphatic rings. The normalized spacial score (nSPS) is 13.9. The lowest BCUT2D eigenvalue weighted by Crippen LogP contribution is -2.49. The molecule has 12 heteroatoms. The van der Waals surface area contributed by atoms with E-state index in [4.69, 9.17) is 28.4 Å². The predicted molar refractivity (Wildman–Crippen MR) is 112 cm³/mol. The lowest BCUT2D eigenvalue weighted by atomic mass is 10.6. The number of hydrogen-bond donors (Lipinski definition) is 0. The van der Waals surface area contributed by atoms with Gasteiger partial charge < -0.3 is 28.4 Å². The van der Waals surface area contributed by atoms with Crippen molar-refractivity contribution in [1.82, 2.24) is 0 Å². The van der Waals surface area contributed by atoms with Crippen molar-refractivity contribution in [2.45, 2.75) is 51.8 Å². The van der Waals surface area contributed by atoms with E-state index in [1.165, 1.54) is 0 Å². The Balaban J connectivity index is 6.25. The first-order chi connectivity index (χ1) is 14.1. The van der Waals surface area contributed by atoms with Gasteiger partial charge in [-0.15, -0.1) is 0 Å². The maximum Gasteiger partial charge on any atom is 0.302 e. The molecule has 0 saturated heterocycles. The minimum atomic E-state index is -4.41. The van der Waals surface area contributed by atoms with Crippen LogP contribution in [0.3, 0.4) is 0 Å². The maximum atomic E-state index is 13.0. The second-order valence-electron chi connectivity index (χ2n) is 5.73. The smallest absolute Gasteiger partial charge is 0.302 e. The number of hydrogen-bond acceptors (Lipinski definition) is 10. The van der Waals surface area contributed by atoms with Crippen molar-refractivity contribution in [2.24, 2.45) is 0 Å². The molecule has 0 atom stereocenters. The number of sulfone groups is 2. The van der Waals surface area contributed by atoms with Crippen LogP contribution in [-0.2, 0) is 48.1 Å². The fraction of sp³-hybridized carbons (Fsp3) is 0.889. The molecule has 0 aromatic rings. The predicted octanol–water partition coefficient (Wildman–Crippen LogP) is 1.81. The van der Waals surface area contributed by atoms with Gasteiger partial charge >= 0.3 is 10.2 Å². The van der Waals surface area contributed by atoms with Gasteiger partial charge in [-0.25, -0.2) is 16.8 Å². The van der Waals surface area contributed by atoms with E-state index >= 15 is 0 Å². The van der Waals surface area contributed by atoms with E-state index < -0.39 is 43.1 Å². The quantitative estimate of drug-likeness (QED) is 0.271. The third kappa shape index (κ3) is 7.52. The molecular weight excluding hydrogens is 440 g/mol. The second kappa shape index (κ2) is 13.7. The lowest BCUT2D eigenvalue weighted by Gasteiger charge is -2.32. The van der Waals surface area contributed by atoms with Crippen molar-refractivity contribution in [3.63, 3.8) is 0 Å². The number of rotatable bonds is 18. The summed E-state index contributed by atoms with van der Waals surface area (Å²) in [4.78, 5) is 0. The standard InChI is InChI=1S/C18H36O10S2/c1-7-23-15-17(25-9-3,26-10-4)29(19,20)13-14-30(21,22)18(27-11-5,28-12-6)16-24-8-2/h13-14H,7-12,15-16H2,1-6H3. The first kappa shape index (κ1) is 29.4. The fourth-order valence-corrected chi connectivity index (χ4v) is 5.64. The van der Waals surface area contributed by atoms with Crippen LogP contribution in [0.25, 0.3) is 0 Å². The maximum absolute atomic E-state index is 13.0. The summed E-state index contributed by atoms with van der Waals surface area (Å²) in [6, 6.07) is 0. The molecular formula is C18H36O10S2. The highest BCUT2D eigenvalue weighted by Crippen LogP contribution is 2.28. The zero-order valence-corrected chi connectivity index (χ0v) is 20.3. The Morgan fingerprint density at radius 3 is 1.00 bits per heavy atom. The molecule has 10 nitrogen and oxygen atoms in total. The molecule has 0 rings (SSSR count). The van der Waals surface area contributed by atoms with Crippen LogP contribution in [0.1, 0.15) is 41.5 Å². The summed E-state index contributed by atoms with van der Waals surface area (Å²) in [6.07, 6.45) is 0. The summed E-state index contributed by atoms with van der Waals surface area (Å²) in [7, 11) is -8.81. The Bertz CT molecular complexity index is 628. The molecule has 0 saturated carbocycles. The average molecular weight is 477 g/mol. The van der Waals surface area contributed by atoms with Crippen LogP contribution in [0.15, 0.2) is 10.8 Å². The van der Waals surface area contributed by atoms with E-state index in [0.717, 1.165) is 0 Å². The third-order valence-electron chi connectivity index (χ3n) is 3.70. The van der Waals surface area contributed by atoms with Crippen LogP contribution in [0.5, 0.6) is 0 Å². The van der Waals surface area contributed by atoms with E-state index in [9.17, 15) is 16.8 Å². The minimum Gasteiger partial charge on any atom is -0.375 e. The Morgan fingerprint density at radius 2 is 0.800 bits per heavy atom. The highest BCUT2D eigenvalue weighted by atomic mass is 32.2. The zero-order valence-electron chi connectivity index (χ0n) is 18.7. The van der Waals surface area contributed by atoms with Crippen molar-refractivity contribution in [2.75, 3.05) is 52.9 Å². The summed E-state index contributed by atoms with van der Waals surface area (Å²) in [5.74, 6) is 0. The largest absolute Gasteiger partial charge is 0.375 e.